The Morgan fingerprint density at radius 2 is 2.58 bits per heavy atom. The first-order valence-electron chi connectivity index (χ1n) is 3.74. The Morgan fingerprint density at radius 1 is 1.75 bits per heavy atom. The molecule has 0 aromatic carbocycles. The molecule has 1 aliphatic rings. The minimum atomic E-state index is -0.542. The summed E-state index contributed by atoms with van der Waals surface area (Å²) in [5.74, 6) is 0.809. The van der Waals surface area contributed by atoms with E-state index in [9.17, 15) is 5.11 Å². The van der Waals surface area contributed by atoms with Crippen molar-refractivity contribution in [2.75, 3.05) is 11.9 Å². The number of hydrogen-bond donors (Lipinski definition) is 2. The third-order valence-electron chi connectivity index (χ3n) is 1.90. The lowest BCUT2D eigenvalue weighted by molar-refractivity contribution is 0.188. The molecule has 1 atom stereocenters. The van der Waals surface area contributed by atoms with Gasteiger partial charge in [0, 0.05) is 12.6 Å². The van der Waals surface area contributed by atoms with Gasteiger partial charge in [-0.1, -0.05) is 0 Å². The number of aliphatic hydroxyl groups is 1. The Morgan fingerprint density at radius 3 is 3.42 bits per heavy atom. The van der Waals surface area contributed by atoms with E-state index in [1.807, 2.05) is 7.05 Å². The van der Waals surface area contributed by atoms with Crippen molar-refractivity contribution in [3.8, 4) is 0 Å². The van der Waals surface area contributed by atoms with Crippen LogP contribution in [0.1, 0.15) is 11.7 Å². The minimum Gasteiger partial charge on any atom is -0.386 e. The topological polar surface area (TPSA) is 62.4 Å². The zero-order valence-corrected chi connectivity index (χ0v) is 6.73. The van der Waals surface area contributed by atoms with E-state index < -0.39 is 6.10 Å². The summed E-state index contributed by atoms with van der Waals surface area (Å²) in [4.78, 5) is 3.95. The fraction of sp³-hybridized carbons (Fsp3) is 0.429. The highest BCUT2D eigenvalue weighted by molar-refractivity contribution is 5.76. The largest absolute Gasteiger partial charge is 0.386 e. The van der Waals surface area contributed by atoms with Gasteiger partial charge in [-0.25, -0.2) is 0 Å². The van der Waals surface area contributed by atoms with Crippen molar-refractivity contribution in [2.45, 2.75) is 6.10 Å². The van der Waals surface area contributed by atoms with Crippen molar-refractivity contribution in [1.82, 2.24) is 9.78 Å². The standard InChI is InChI=1S/C7H10N4O/c1-11-7-5(2-10-11)6(12)3-8-4-9-7/h2,4,6,12H,3H2,1H3,(H,8,9). The van der Waals surface area contributed by atoms with E-state index in [0.29, 0.717) is 6.54 Å². The molecule has 64 valence electrons. The summed E-state index contributed by atoms with van der Waals surface area (Å²) in [5, 5.41) is 16.5. The summed E-state index contributed by atoms with van der Waals surface area (Å²) >= 11 is 0. The van der Waals surface area contributed by atoms with E-state index in [4.69, 9.17) is 0 Å². The number of nitrogens with one attached hydrogen (secondary N) is 1. The highest BCUT2D eigenvalue weighted by Crippen LogP contribution is 2.23. The first-order valence-corrected chi connectivity index (χ1v) is 3.74. The van der Waals surface area contributed by atoms with Crippen LogP contribution in [0.4, 0.5) is 5.82 Å². The van der Waals surface area contributed by atoms with Crippen LogP contribution >= 0.6 is 0 Å². The van der Waals surface area contributed by atoms with E-state index in [0.717, 1.165) is 11.4 Å². The molecular weight excluding hydrogens is 156 g/mol. The Bertz CT molecular complexity index is 317. The molecule has 0 fully saturated rings. The first-order chi connectivity index (χ1) is 5.79. The quantitative estimate of drug-likeness (QED) is 0.566. The van der Waals surface area contributed by atoms with Gasteiger partial charge < -0.3 is 10.4 Å². The number of fused-ring (bicyclic) bond motifs is 1. The van der Waals surface area contributed by atoms with Crippen LogP contribution in [0.3, 0.4) is 0 Å². The molecule has 12 heavy (non-hydrogen) atoms. The normalized spacial score (nSPS) is 21.3. The Labute approximate surface area is 69.7 Å². The van der Waals surface area contributed by atoms with Gasteiger partial charge in [-0.15, -0.1) is 0 Å². The molecule has 1 aromatic rings. The fourth-order valence-electron chi connectivity index (χ4n) is 1.23. The number of aliphatic hydroxyl groups excluding tert-OH is 1. The van der Waals surface area contributed by atoms with E-state index >= 15 is 0 Å². The molecule has 1 unspecified atom stereocenters. The third-order valence-corrected chi connectivity index (χ3v) is 1.90. The number of rotatable bonds is 0. The van der Waals surface area contributed by atoms with Gasteiger partial charge in [0.05, 0.1) is 19.1 Å². The minimum absolute atomic E-state index is 0.395. The number of nitrogens with zero attached hydrogens (tertiary/aromatic N) is 3. The Hall–Kier alpha value is -1.36. The molecule has 2 rings (SSSR count). The lowest BCUT2D eigenvalue weighted by Crippen LogP contribution is -2.03. The van der Waals surface area contributed by atoms with Crippen molar-refractivity contribution >= 4 is 12.2 Å². The maximum Gasteiger partial charge on any atom is 0.134 e. The fourth-order valence-corrected chi connectivity index (χ4v) is 1.23. The van der Waals surface area contributed by atoms with Gasteiger partial charge in [-0.3, -0.25) is 9.67 Å². The zero-order chi connectivity index (χ0) is 8.55. The molecule has 0 spiro atoms. The molecule has 0 aliphatic carbocycles. The van der Waals surface area contributed by atoms with Gasteiger partial charge in [0.25, 0.3) is 0 Å². The van der Waals surface area contributed by atoms with E-state index in [1.165, 1.54) is 0 Å². The predicted octanol–water partition coefficient (Wildman–Crippen LogP) is -0.0927. The number of aromatic nitrogens is 2. The van der Waals surface area contributed by atoms with Gasteiger partial charge in [-0.05, 0) is 0 Å². The molecule has 0 saturated heterocycles. The van der Waals surface area contributed by atoms with Gasteiger partial charge in [0.15, 0.2) is 0 Å². The molecule has 5 heteroatoms. The lowest BCUT2D eigenvalue weighted by atomic mass is 10.2. The van der Waals surface area contributed by atoms with Crippen LogP contribution in [0.25, 0.3) is 0 Å². The smallest absolute Gasteiger partial charge is 0.134 e. The summed E-state index contributed by atoms with van der Waals surface area (Å²) in [6.45, 7) is 0.395. The SMILES string of the molecule is Cn1ncc2c1NC=NCC2O. The summed E-state index contributed by atoms with van der Waals surface area (Å²) in [6, 6.07) is 0. The second-order valence-corrected chi connectivity index (χ2v) is 2.73. The maximum absolute atomic E-state index is 9.55. The van der Waals surface area contributed by atoms with Gasteiger partial charge in [0.1, 0.15) is 11.9 Å². The van der Waals surface area contributed by atoms with Crippen molar-refractivity contribution < 1.29 is 5.11 Å². The van der Waals surface area contributed by atoms with Crippen molar-refractivity contribution in [3.05, 3.63) is 11.8 Å². The highest BCUT2D eigenvalue weighted by atomic mass is 16.3. The number of aryl methyl sites for hydroxylation is 1. The van der Waals surface area contributed by atoms with Gasteiger partial charge >= 0.3 is 0 Å². The second-order valence-electron chi connectivity index (χ2n) is 2.73. The molecule has 0 bridgehead atoms. The molecule has 5 nitrogen and oxygen atoms in total. The molecule has 1 aliphatic heterocycles. The lowest BCUT2D eigenvalue weighted by Gasteiger charge is -2.04. The summed E-state index contributed by atoms with van der Waals surface area (Å²) < 4.78 is 1.68. The van der Waals surface area contributed by atoms with Crippen LogP contribution in [0.5, 0.6) is 0 Å². The summed E-state index contributed by atoms with van der Waals surface area (Å²) in [6.07, 6.45) is 2.69. The van der Waals surface area contributed by atoms with Crippen molar-refractivity contribution in [2.24, 2.45) is 12.0 Å². The molecule has 0 amide bonds. The maximum atomic E-state index is 9.55. The first kappa shape index (κ1) is 7.30. The Balaban J connectivity index is 2.48. The average Bonchev–Trinajstić information content (AvgIpc) is 2.30. The summed E-state index contributed by atoms with van der Waals surface area (Å²) in [7, 11) is 1.82. The molecule has 2 N–H and O–H groups in total. The molecule has 0 saturated carbocycles. The van der Waals surface area contributed by atoms with Crippen molar-refractivity contribution in [1.29, 1.82) is 0 Å². The highest BCUT2D eigenvalue weighted by Gasteiger charge is 2.17. The van der Waals surface area contributed by atoms with Crippen LogP contribution in [0, 0.1) is 0 Å². The predicted molar refractivity (Wildman–Crippen MR) is 45.1 cm³/mol. The van der Waals surface area contributed by atoms with Crippen LogP contribution in [0.15, 0.2) is 11.2 Å². The molecular formula is C7H10N4O. The van der Waals surface area contributed by atoms with E-state index in [2.05, 4.69) is 15.4 Å². The number of aliphatic imine (C=N–C) groups is 1. The zero-order valence-electron chi connectivity index (χ0n) is 6.73. The monoisotopic (exact) mass is 166 g/mol. The third kappa shape index (κ3) is 0.984. The van der Waals surface area contributed by atoms with Gasteiger partial charge in [-0.2, -0.15) is 5.10 Å². The number of hydrogen-bond acceptors (Lipinski definition) is 4. The van der Waals surface area contributed by atoms with Crippen LogP contribution < -0.4 is 5.32 Å². The van der Waals surface area contributed by atoms with Crippen LogP contribution in [-0.4, -0.2) is 27.8 Å². The average molecular weight is 166 g/mol. The van der Waals surface area contributed by atoms with Crippen LogP contribution in [-0.2, 0) is 7.05 Å². The van der Waals surface area contributed by atoms with Crippen molar-refractivity contribution in [3.63, 3.8) is 0 Å². The van der Waals surface area contributed by atoms with Crippen LogP contribution in [0.2, 0.25) is 0 Å². The molecule has 2 heterocycles. The second kappa shape index (κ2) is 2.60. The van der Waals surface area contributed by atoms with E-state index in [-0.39, 0.29) is 0 Å². The summed E-state index contributed by atoms with van der Waals surface area (Å²) in [5.41, 5.74) is 0.801. The number of anilines is 1. The van der Waals surface area contributed by atoms with E-state index in [1.54, 1.807) is 17.2 Å². The van der Waals surface area contributed by atoms with Gasteiger partial charge in [0.2, 0.25) is 0 Å². The molecule has 1 aromatic heterocycles. The Kier molecular flexibility index (Phi) is 1.58. The molecule has 0 radical (unpaired) electrons.